The predicted octanol–water partition coefficient (Wildman–Crippen LogP) is 0.862. The molecule has 1 aromatic rings. The number of alkyl halides is 1. The summed E-state index contributed by atoms with van der Waals surface area (Å²) in [5.74, 6) is 0.481. The standard InChI is InChI=1S/C5H8ClN3/c1-4-5(3-6)9(2)8-7-4/h3H2,1-2H3. The van der Waals surface area contributed by atoms with Crippen LogP contribution >= 0.6 is 11.6 Å². The molecule has 0 atom stereocenters. The van der Waals surface area contributed by atoms with Crippen molar-refractivity contribution in [2.24, 2.45) is 7.05 Å². The number of hydrogen-bond acceptors (Lipinski definition) is 2. The van der Waals surface area contributed by atoms with Gasteiger partial charge in [-0.25, -0.2) is 0 Å². The molecule has 0 aliphatic carbocycles. The van der Waals surface area contributed by atoms with Crippen LogP contribution in [-0.2, 0) is 12.9 Å². The largest absolute Gasteiger partial charge is 0.251 e. The zero-order valence-electron chi connectivity index (χ0n) is 5.43. The van der Waals surface area contributed by atoms with Gasteiger partial charge in [-0.3, -0.25) is 4.68 Å². The number of aromatic nitrogens is 3. The van der Waals surface area contributed by atoms with Crippen molar-refractivity contribution in [2.45, 2.75) is 12.8 Å². The van der Waals surface area contributed by atoms with Gasteiger partial charge in [-0.15, -0.1) is 16.7 Å². The zero-order chi connectivity index (χ0) is 6.85. The highest BCUT2D eigenvalue weighted by Crippen LogP contribution is 2.04. The molecule has 0 aliphatic rings. The van der Waals surface area contributed by atoms with E-state index in [1.54, 1.807) is 4.68 Å². The van der Waals surface area contributed by atoms with Gasteiger partial charge >= 0.3 is 0 Å². The fourth-order valence-corrected chi connectivity index (χ4v) is 1.03. The summed E-state index contributed by atoms with van der Waals surface area (Å²) in [5.41, 5.74) is 1.89. The minimum Gasteiger partial charge on any atom is -0.251 e. The van der Waals surface area contributed by atoms with Crippen LogP contribution in [0.25, 0.3) is 0 Å². The lowest BCUT2D eigenvalue weighted by atomic mass is 10.4. The molecule has 50 valence electrons. The lowest BCUT2D eigenvalue weighted by molar-refractivity contribution is 0.693. The van der Waals surface area contributed by atoms with Crippen LogP contribution in [0.4, 0.5) is 0 Å². The quantitative estimate of drug-likeness (QED) is 0.549. The predicted molar refractivity (Wildman–Crippen MR) is 35.3 cm³/mol. The molecule has 0 spiro atoms. The van der Waals surface area contributed by atoms with Gasteiger partial charge in [0.25, 0.3) is 0 Å². The second-order valence-corrected chi connectivity index (χ2v) is 2.15. The molecule has 3 nitrogen and oxygen atoms in total. The second kappa shape index (κ2) is 2.35. The molecule has 0 aromatic carbocycles. The lowest BCUT2D eigenvalue weighted by Crippen LogP contribution is -1.95. The van der Waals surface area contributed by atoms with Gasteiger partial charge in [-0.05, 0) is 6.92 Å². The molecule has 0 fully saturated rings. The Kier molecular flexibility index (Phi) is 1.71. The van der Waals surface area contributed by atoms with Crippen molar-refractivity contribution >= 4 is 11.6 Å². The maximum atomic E-state index is 5.58. The van der Waals surface area contributed by atoms with Gasteiger partial charge < -0.3 is 0 Å². The first kappa shape index (κ1) is 6.55. The molecule has 1 heterocycles. The van der Waals surface area contributed by atoms with Gasteiger partial charge in [0.05, 0.1) is 17.3 Å². The van der Waals surface area contributed by atoms with E-state index in [2.05, 4.69) is 10.3 Å². The molecule has 0 saturated heterocycles. The van der Waals surface area contributed by atoms with Gasteiger partial charge in [0, 0.05) is 7.05 Å². The highest BCUT2D eigenvalue weighted by atomic mass is 35.5. The third kappa shape index (κ3) is 1.05. The van der Waals surface area contributed by atoms with E-state index in [0.29, 0.717) is 5.88 Å². The molecule has 0 unspecified atom stereocenters. The second-order valence-electron chi connectivity index (χ2n) is 1.88. The van der Waals surface area contributed by atoms with Crippen molar-refractivity contribution in [3.05, 3.63) is 11.4 Å². The number of rotatable bonds is 1. The molecule has 1 rings (SSSR count). The van der Waals surface area contributed by atoms with Crippen molar-refractivity contribution in [1.29, 1.82) is 0 Å². The number of nitrogens with zero attached hydrogens (tertiary/aromatic N) is 3. The highest BCUT2D eigenvalue weighted by Gasteiger charge is 2.01. The SMILES string of the molecule is Cc1nnn(C)c1CCl. The first-order valence-corrected chi connectivity index (χ1v) is 3.20. The van der Waals surface area contributed by atoms with E-state index in [-0.39, 0.29) is 0 Å². The molecule has 0 amide bonds. The molecular formula is C5H8ClN3. The van der Waals surface area contributed by atoms with E-state index in [1.807, 2.05) is 14.0 Å². The van der Waals surface area contributed by atoms with E-state index >= 15 is 0 Å². The van der Waals surface area contributed by atoms with Crippen LogP contribution < -0.4 is 0 Å². The summed E-state index contributed by atoms with van der Waals surface area (Å²) < 4.78 is 1.68. The average molecular weight is 146 g/mol. The fraction of sp³-hybridized carbons (Fsp3) is 0.600. The molecule has 0 bridgehead atoms. The first-order chi connectivity index (χ1) is 4.25. The van der Waals surface area contributed by atoms with Crippen LogP contribution in [0.5, 0.6) is 0 Å². The molecule has 0 radical (unpaired) electrons. The summed E-state index contributed by atoms with van der Waals surface area (Å²) in [5, 5.41) is 7.58. The fourth-order valence-electron chi connectivity index (χ4n) is 0.663. The molecular weight excluding hydrogens is 138 g/mol. The minimum absolute atomic E-state index is 0.481. The van der Waals surface area contributed by atoms with Gasteiger partial charge in [0.1, 0.15) is 0 Å². The molecule has 1 aromatic heterocycles. The summed E-state index contributed by atoms with van der Waals surface area (Å²) in [6.07, 6.45) is 0. The Hall–Kier alpha value is -0.570. The van der Waals surface area contributed by atoms with E-state index < -0.39 is 0 Å². The van der Waals surface area contributed by atoms with Crippen LogP contribution in [0, 0.1) is 6.92 Å². The van der Waals surface area contributed by atoms with Crippen molar-refractivity contribution in [3.8, 4) is 0 Å². The van der Waals surface area contributed by atoms with Crippen molar-refractivity contribution in [3.63, 3.8) is 0 Å². The Balaban J connectivity index is 3.07. The Morgan fingerprint density at radius 3 is 2.56 bits per heavy atom. The summed E-state index contributed by atoms with van der Waals surface area (Å²) in [4.78, 5) is 0. The smallest absolute Gasteiger partial charge is 0.0840 e. The summed E-state index contributed by atoms with van der Waals surface area (Å²) in [6.45, 7) is 1.89. The third-order valence-electron chi connectivity index (χ3n) is 1.26. The molecule has 9 heavy (non-hydrogen) atoms. The van der Waals surface area contributed by atoms with Crippen LogP contribution in [0.2, 0.25) is 0 Å². The normalized spacial score (nSPS) is 10.1. The number of halogens is 1. The molecule has 4 heteroatoms. The van der Waals surface area contributed by atoms with Gasteiger partial charge in [0.2, 0.25) is 0 Å². The van der Waals surface area contributed by atoms with Gasteiger partial charge in [-0.1, -0.05) is 5.21 Å². The maximum Gasteiger partial charge on any atom is 0.0840 e. The Bertz CT molecular complexity index is 186. The van der Waals surface area contributed by atoms with Crippen LogP contribution in [0.15, 0.2) is 0 Å². The van der Waals surface area contributed by atoms with Crippen molar-refractivity contribution < 1.29 is 0 Å². The van der Waals surface area contributed by atoms with Crippen LogP contribution in [0.3, 0.4) is 0 Å². The van der Waals surface area contributed by atoms with Crippen molar-refractivity contribution in [2.75, 3.05) is 0 Å². The van der Waals surface area contributed by atoms with E-state index in [1.165, 1.54) is 0 Å². The number of hydrogen-bond donors (Lipinski definition) is 0. The summed E-state index contributed by atoms with van der Waals surface area (Å²) >= 11 is 5.58. The average Bonchev–Trinajstić information content (AvgIpc) is 2.12. The van der Waals surface area contributed by atoms with E-state index in [0.717, 1.165) is 11.4 Å². The van der Waals surface area contributed by atoms with Crippen molar-refractivity contribution in [1.82, 2.24) is 15.0 Å². The summed E-state index contributed by atoms with van der Waals surface area (Å²) in [7, 11) is 1.83. The lowest BCUT2D eigenvalue weighted by Gasteiger charge is -1.92. The highest BCUT2D eigenvalue weighted by molar-refractivity contribution is 6.16. The zero-order valence-corrected chi connectivity index (χ0v) is 6.18. The van der Waals surface area contributed by atoms with Crippen LogP contribution in [0.1, 0.15) is 11.4 Å². The summed E-state index contributed by atoms with van der Waals surface area (Å²) in [6, 6.07) is 0. The molecule has 0 aliphatic heterocycles. The Labute approximate surface area is 58.6 Å². The monoisotopic (exact) mass is 145 g/mol. The van der Waals surface area contributed by atoms with Gasteiger partial charge in [-0.2, -0.15) is 0 Å². The minimum atomic E-state index is 0.481. The topological polar surface area (TPSA) is 30.7 Å². The molecule has 0 saturated carbocycles. The Morgan fingerprint density at radius 1 is 1.67 bits per heavy atom. The number of aryl methyl sites for hydroxylation is 2. The van der Waals surface area contributed by atoms with E-state index in [4.69, 9.17) is 11.6 Å². The van der Waals surface area contributed by atoms with Crippen LogP contribution in [-0.4, -0.2) is 15.0 Å². The first-order valence-electron chi connectivity index (χ1n) is 2.67. The maximum absolute atomic E-state index is 5.58. The Morgan fingerprint density at radius 2 is 2.33 bits per heavy atom. The molecule has 0 N–H and O–H groups in total. The van der Waals surface area contributed by atoms with E-state index in [9.17, 15) is 0 Å². The van der Waals surface area contributed by atoms with Gasteiger partial charge in [0.15, 0.2) is 0 Å². The third-order valence-corrected chi connectivity index (χ3v) is 1.52.